The number of rotatable bonds is 2. The molecule has 0 aliphatic heterocycles. The second-order valence-corrected chi connectivity index (χ2v) is 5.64. The van der Waals surface area contributed by atoms with Crippen LogP contribution in [0.1, 0.15) is 14.8 Å². The minimum atomic E-state index is 0.506. The van der Waals surface area contributed by atoms with Crippen molar-refractivity contribution in [2.45, 2.75) is 3.67 Å². The first-order chi connectivity index (χ1) is 5.24. The highest BCUT2D eigenvalue weighted by Gasteiger charge is 1.97. The molecule has 0 N–H and O–H groups in total. The van der Waals surface area contributed by atoms with Crippen LogP contribution in [-0.4, -0.2) is 0 Å². The predicted molar refractivity (Wildman–Crippen MR) is 63.0 cm³/mol. The summed E-state index contributed by atoms with van der Waals surface area (Å²) >= 11 is 2.37. The lowest BCUT2D eigenvalue weighted by Gasteiger charge is -2.02. The fraction of sp³-hybridized carbons (Fsp3) is 0.111. The van der Waals surface area contributed by atoms with Gasteiger partial charge in [0.25, 0.3) is 0 Å². The number of benzene rings is 1. The van der Waals surface area contributed by atoms with Crippen molar-refractivity contribution in [2.75, 3.05) is 0 Å². The molecule has 2 heteroatoms. The smallest absolute Gasteiger partial charge is 0.0500 e. The van der Waals surface area contributed by atoms with Crippen molar-refractivity contribution in [3.63, 3.8) is 0 Å². The van der Waals surface area contributed by atoms with Gasteiger partial charge in [-0.3, -0.25) is 0 Å². The third-order valence-corrected chi connectivity index (χ3v) is 2.59. The minimum Gasteiger partial charge on any atom is -0.119 e. The van der Waals surface area contributed by atoms with Crippen LogP contribution < -0.4 is 0 Å². The molecule has 0 nitrogen and oxygen atoms in total. The molecule has 0 saturated carbocycles. The van der Waals surface area contributed by atoms with Gasteiger partial charge in [0.15, 0.2) is 0 Å². The zero-order chi connectivity index (χ0) is 8.27. The third-order valence-electron chi connectivity index (χ3n) is 1.49. The van der Waals surface area contributed by atoms with Crippen molar-refractivity contribution in [1.29, 1.82) is 0 Å². The van der Waals surface area contributed by atoms with Gasteiger partial charge in [0.05, 0.1) is 0 Å². The molecular weight excluding hydrogens is 266 g/mol. The van der Waals surface area contributed by atoms with Crippen LogP contribution in [0.25, 0.3) is 6.08 Å². The molecule has 0 heterocycles. The van der Waals surface area contributed by atoms with Gasteiger partial charge >= 0.3 is 0 Å². The maximum Gasteiger partial charge on any atom is 0.0500 e. The van der Waals surface area contributed by atoms with E-state index in [-0.39, 0.29) is 0 Å². The highest BCUT2D eigenvalue weighted by molar-refractivity contribution is 14.1. The van der Waals surface area contributed by atoms with Crippen molar-refractivity contribution in [3.8, 4) is 0 Å². The Hall–Kier alpha value is 0.120. The van der Waals surface area contributed by atoms with E-state index >= 15 is 0 Å². The Bertz CT molecular complexity index is 238. The molecule has 11 heavy (non-hydrogen) atoms. The number of halogens is 1. The third kappa shape index (κ3) is 2.57. The summed E-state index contributed by atoms with van der Waals surface area (Å²) in [5.41, 5.74) is 2.51. The Kier molecular flexibility index (Phi) is 3.53. The summed E-state index contributed by atoms with van der Waals surface area (Å²) in [7, 11) is 2.76. The summed E-state index contributed by atoms with van der Waals surface area (Å²) < 4.78 is 0.506. The molecule has 0 fully saturated rings. The molecule has 0 aliphatic carbocycles. The lowest BCUT2D eigenvalue weighted by atomic mass is 10.1. The van der Waals surface area contributed by atoms with Gasteiger partial charge in [-0.25, -0.2) is 0 Å². The summed E-state index contributed by atoms with van der Waals surface area (Å²) in [4.78, 5) is 0. The van der Waals surface area contributed by atoms with Gasteiger partial charge in [-0.1, -0.05) is 59.5 Å². The first-order valence-corrected chi connectivity index (χ1v) is 5.27. The molecule has 0 radical (unpaired) electrons. The van der Waals surface area contributed by atoms with E-state index in [9.17, 15) is 0 Å². The van der Waals surface area contributed by atoms with Crippen molar-refractivity contribution in [1.82, 2.24) is 0 Å². The van der Waals surface area contributed by atoms with Crippen LogP contribution in [-0.2, 0) is 0 Å². The summed E-state index contributed by atoms with van der Waals surface area (Å²) in [6.45, 7) is 3.70. The molecule has 58 valence electrons. The fourth-order valence-electron chi connectivity index (χ4n) is 0.816. The van der Waals surface area contributed by atoms with Crippen LogP contribution in [0, 0.1) is 0 Å². The summed E-state index contributed by atoms with van der Waals surface area (Å²) in [5.74, 6) is 0. The largest absolute Gasteiger partial charge is 0.119 e. The van der Waals surface area contributed by atoms with E-state index < -0.39 is 0 Å². The zero-order valence-electron chi connectivity index (χ0n) is 6.13. The van der Waals surface area contributed by atoms with Crippen molar-refractivity contribution >= 4 is 37.9 Å². The van der Waals surface area contributed by atoms with Crippen molar-refractivity contribution < 1.29 is 0 Å². The van der Waals surface area contributed by atoms with E-state index in [0.29, 0.717) is 3.67 Å². The monoisotopic (exact) mass is 276 g/mol. The van der Waals surface area contributed by atoms with E-state index in [1.807, 2.05) is 6.08 Å². The van der Waals surface area contributed by atoms with Crippen molar-refractivity contribution in [3.05, 3.63) is 42.0 Å². The minimum absolute atomic E-state index is 0.506. The molecular formula is C9H10IP. The van der Waals surface area contributed by atoms with Gasteiger partial charge in [0, 0.05) is 3.67 Å². The van der Waals surface area contributed by atoms with Gasteiger partial charge in [-0.05, 0) is 11.1 Å². The highest BCUT2D eigenvalue weighted by atomic mass is 127. The van der Waals surface area contributed by atoms with E-state index in [1.54, 1.807) is 0 Å². The van der Waals surface area contributed by atoms with Crippen molar-refractivity contribution in [2.24, 2.45) is 0 Å². The van der Waals surface area contributed by atoms with Crippen LogP contribution >= 0.6 is 31.8 Å². The molecule has 1 aromatic rings. The summed E-state index contributed by atoms with van der Waals surface area (Å²) in [5, 5.41) is 0. The average Bonchev–Trinajstić information content (AvgIpc) is 2.05. The second-order valence-electron chi connectivity index (χ2n) is 2.27. The van der Waals surface area contributed by atoms with Gasteiger partial charge < -0.3 is 0 Å². The first kappa shape index (κ1) is 9.21. The molecule has 2 unspecified atom stereocenters. The molecule has 0 bridgehead atoms. The summed E-state index contributed by atoms with van der Waals surface area (Å²) in [6.07, 6.45) is 1.86. The molecule has 0 aromatic heterocycles. The van der Waals surface area contributed by atoms with E-state index in [1.165, 1.54) is 11.1 Å². The normalized spacial score (nSPS) is 12.5. The Labute approximate surface area is 83.4 Å². The van der Waals surface area contributed by atoms with Gasteiger partial charge in [-0.2, -0.15) is 0 Å². The zero-order valence-corrected chi connectivity index (χ0v) is 9.44. The maximum absolute atomic E-state index is 3.70. The lowest BCUT2D eigenvalue weighted by Crippen LogP contribution is -1.79. The van der Waals surface area contributed by atoms with Crippen LogP contribution in [0.3, 0.4) is 0 Å². The molecule has 1 aromatic carbocycles. The molecule has 0 amide bonds. The number of alkyl halides is 1. The van der Waals surface area contributed by atoms with Crippen LogP contribution in [0.15, 0.2) is 30.8 Å². The Balaban J connectivity index is 2.91. The Morgan fingerprint density at radius 1 is 1.36 bits per heavy atom. The Morgan fingerprint density at radius 3 is 2.27 bits per heavy atom. The molecule has 2 atom stereocenters. The van der Waals surface area contributed by atoms with Gasteiger partial charge in [-0.15, -0.1) is 9.24 Å². The van der Waals surface area contributed by atoms with Gasteiger partial charge in [0.2, 0.25) is 0 Å². The molecule has 1 rings (SSSR count). The summed E-state index contributed by atoms with van der Waals surface area (Å²) in [6, 6.07) is 8.42. The Morgan fingerprint density at radius 2 is 1.91 bits per heavy atom. The fourth-order valence-corrected chi connectivity index (χ4v) is 1.45. The van der Waals surface area contributed by atoms with Crippen LogP contribution in [0.2, 0.25) is 0 Å². The van der Waals surface area contributed by atoms with E-state index in [2.05, 4.69) is 62.7 Å². The van der Waals surface area contributed by atoms with E-state index in [0.717, 1.165) is 0 Å². The standard InChI is InChI=1S/C9H10IP/c1-2-7-3-5-8(6-4-7)9(10)11/h2-6,9H,1,11H2. The second kappa shape index (κ2) is 4.22. The number of hydrogen-bond donors (Lipinski definition) is 0. The quantitative estimate of drug-likeness (QED) is 0.439. The van der Waals surface area contributed by atoms with Gasteiger partial charge in [0.1, 0.15) is 0 Å². The SMILES string of the molecule is C=Cc1ccc(C(P)I)cc1. The highest BCUT2D eigenvalue weighted by Crippen LogP contribution is 2.29. The first-order valence-electron chi connectivity index (χ1n) is 3.36. The maximum atomic E-state index is 3.70. The van der Waals surface area contributed by atoms with Crippen LogP contribution in [0.5, 0.6) is 0 Å². The van der Waals surface area contributed by atoms with E-state index in [4.69, 9.17) is 0 Å². The topological polar surface area (TPSA) is 0 Å². The molecule has 0 saturated heterocycles. The lowest BCUT2D eigenvalue weighted by molar-refractivity contribution is 1.42. The molecule has 0 spiro atoms. The molecule has 0 aliphatic rings. The van der Waals surface area contributed by atoms with Crippen LogP contribution in [0.4, 0.5) is 0 Å². The number of hydrogen-bond acceptors (Lipinski definition) is 0. The average molecular weight is 276 g/mol. The predicted octanol–water partition coefficient (Wildman–Crippen LogP) is 3.64.